The van der Waals surface area contributed by atoms with E-state index in [0.29, 0.717) is 45.2 Å². The smallest absolute Gasteiger partial charge is 0.167 e. The highest BCUT2D eigenvalue weighted by Crippen LogP contribution is 2.41. The molecule has 0 atom stereocenters. The van der Waals surface area contributed by atoms with Gasteiger partial charge in [-0.1, -0.05) is 109 Å². The van der Waals surface area contributed by atoms with Crippen LogP contribution in [0.1, 0.15) is 13.7 Å². The van der Waals surface area contributed by atoms with Crippen molar-refractivity contribution in [3.63, 3.8) is 0 Å². The number of para-hydroxylation sites is 5. The molecule has 4 heterocycles. The normalized spacial score (nSPS) is 14.7. The molecule has 0 saturated carbocycles. The lowest BCUT2D eigenvalue weighted by atomic mass is 10.1. The number of rotatable bonds is 4. The fraction of sp³-hybridized carbons (Fsp3) is 0. The Kier molecular flexibility index (Phi) is 4.17. The summed E-state index contributed by atoms with van der Waals surface area (Å²) in [5.41, 5.74) is 2.78. The first kappa shape index (κ1) is 19.8. The van der Waals surface area contributed by atoms with Gasteiger partial charge in [-0.05, 0) is 42.4 Å². The number of aromatic nitrogens is 4. The Morgan fingerprint density at radius 3 is 2.08 bits per heavy atom. The standard InChI is InChI=1S/C45H26N4O2/c1-2-13-27(14-3-1)43-46-44(48-45(47-43)33-20-12-19-31-29-16-6-11-24-40(29)51-42(31)33)32-18-5-9-22-37(32)49-36-21-8-4-15-28(36)34-25-35-30-17-7-10-23-39(30)50-41(35)26-38(34)49/h1-26H/i4D,7D,8D,10D,15D,17D,21D,23D,25D,26D. The molecule has 11 rings (SSSR count). The van der Waals surface area contributed by atoms with E-state index in [9.17, 15) is 4.11 Å². The minimum absolute atomic E-state index is 0.00846. The van der Waals surface area contributed by atoms with Gasteiger partial charge in [0.15, 0.2) is 17.5 Å². The van der Waals surface area contributed by atoms with Crippen LogP contribution in [0.15, 0.2) is 166 Å². The lowest BCUT2D eigenvalue weighted by molar-refractivity contribution is 0.669. The van der Waals surface area contributed by atoms with Gasteiger partial charge in [-0.3, -0.25) is 0 Å². The average molecular weight is 665 g/mol. The molecule has 51 heavy (non-hydrogen) atoms. The van der Waals surface area contributed by atoms with Gasteiger partial charge in [0.05, 0.1) is 36.0 Å². The van der Waals surface area contributed by atoms with E-state index < -0.39 is 48.3 Å². The third-order valence-electron chi connectivity index (χ3n) is 9.12. The number of benzene rings is 7. The predicted octanol–water partition coefficient (Wildman–Crippen LogP) is 11.8. The highest BCUT2D eigenvalue weighted by Gasteiger charge is 2.22. The molecule has 6 nitrogen and oxygen atoms in total. The molecule has 4 aromatic heterocycles. The fourth-order valence-electron chi connectivity index (χ4n) is 6.85. The number of hydrogen-bond donors (Lipinski definition) is 0. The van der Waals surface area contributed by atoms with Crippen LogP contribution in [0.4, 0.5) is 0 Å². The Labute approximate surface area is 304 Å². The highest BCUT2D eigenvalue weighted by molar-refractivity contribution is 6.17. The summed E-state index contributed by atoms with van der Waals surface area (Å²) in [6, 6.07) is 25.1. The summed E-state index contributed by atoms with van der Waals surface area (Å²) in [6.45, 7) is 0. The van der Waals surface area contributed by atoms with Gasteiger partial charge in [-0.25, -0.2) is 15.0 Å². The first-order chi connectivity index (χ1) is 29.5. The molecule has 0 aliphatic rings. The van der Waals surface area contributed by atoms with Gasteiger partial charge < -0.3 is 13.4 Å². The van der Waals surface area contributed by atoms with Crippen molar-refractivity contribution in [2.75, 3.05) is 0 Å². The Morgan fingerprint density at radius 2 is 1.16 bits per heavy atom. The first-order valence-electron chi connectivity index (χ1n) is 21.1. The molecular weight excluding hydrogens is 629 g/mol. The lowest BCUT2D eigenvalue weighted by Crippen LogP contribution is -2.03. The Bertz CT molecular complexity index is 3730. The van der Waals surface area contributed by atoms with Crippen molar-refractivity contribution in [3.05, 3.63) is 157 Å². The predicted molar refractivity (Wildman–Crippen MR) is 205 cm³/mol. The molecule has 0 radical (unpaired) electrons. The number of nitrogens with zero attached hydrogens (tertiary/aromatic N) is 4. The summed E-state index contributed by atoms with van der Waals surface area (Å²) in [5.74, 6) is 0.826. The minimum atomic E-state index is -0.552. The van der Waals surface area contributed by atoms with Gasteiger partial charge in [0.25, 0.3) is 0 Å². The largest absolute Gasteiger partial charge is 0.456 e. The first-order valence-corrected chi connectivity index (χ1v) is 16.1. The van der Waals surface area contributed by atoms with Gasteiger partial charge in [-0.15, -0.1) is 0 Å². The molecule has 11 aromatic rings. The Hall–Kier alpha value is -7.05. The zero-order valence-corrected chi connectivity index (χ0v) is 26.3. The van der Waals surface area contributed by atoms with Crippen molar-refractivity contribution in [1.82, 2.24) is 19.5 Å². The SMILES string of the molecule is [2H]c1c([2H])c([2H])c2c(oc3c([2H])c4c(c([2H])c32)c2c([2H])c([2H])c([2H])c([2H])c2n4-c2ccccc2-c2nc(-c3ccccc3)nc(-c3cccc4c3oc3ccccc34)n2)c1[2H]. The van der Waals surface area contributed by atoms with Crippen molar-refractivity contribution >= 4 is 65.7 Å². The Morgan fingerprint density at radius 1 is 0.451 bits per heavy atom. The summed E-state index contributed by atoms with van der Waals surface area (Å²) in [7, 11) is 0. The maximum Gasteiger partial charge on any atom is 0.167 e. The van der Waals surface area contributed by atoms with Crippen LogP contribution in [-0.2, 0) is 0 Å². The van der Waals surface area contributed by atoms with Crippen LogP contribution < -0.4 is 0 Å². The average Bonchev–Trinajstić information content (AvgIpc) is 4.00. The van der Waals surface area contributed by atoms with Crippen LogP contribution in [0.2, 0.25) is 0 Å². The van der Waals surface area contributed by atoms with Crippen LogP contribution in [0, 0.1) is 0 Å². The zero-order chi connectivity index (χ0) is 42.2. The van der Waals surface area contributed by atoms with Gasteiger partial charge in [0, 0.05) is 49.5 Å². The fourth-order valence-corrected chi connectivity index (χ4v) is 6.85. The minimum Gasteiger partial charge on any atom is -0.456 e. The maximum absolute atomic E-state index is 9.69. The summed E-state index contributed by atoms with van der Waals surface area (Å²) in [5, 5.41) is 1.54. The van der Waals surface area contributed by atoms with E-state index >= 15 is 0 Å². The van der Waals surface area contributed by atoms with E-state index in [1.165, 1.54) is 4.57 Å². The molecule has 0 aliphatic heterocycles. The zero-order valence-electron chi connectivity index (χ0n) is 36.3. The summed E-state index contributed by atoms with van der Waals surface area (Å²) >= 11 is 0. The van der Waals surface area contributed by atoms with Crippen molar-refractivity contribution in [2.45, 2.75) is 0 Å². The summed E-state index contributed by atoms with van der Waals surface area (Å²) in [4.78, 5) is 15.0. The van der Waals surface area contributed by atoms with E-state index in [-0.39, 0.29) is 61.7 Å². The lowest BCUT2D eigenvalue weighted by Gasteiger charge is -2.14. The Balaban J connectivity index is 1.27. The summed E-state index contributed by atoms with van der Waals surface area (Å²) < 4.78 is 103. The maximum atomic E-state index is 9.69. The van der Waals surface area contributed by atoms with Gasteiger partial charge in [0.1, 0.15) is 22.3 Å². The molecule has 7 aromatic carbocycles. The van der Waals surface area contributed by atoms with Crippen molar-refractivity contribution in [1.29, 1.82) is 0 Å². The van der Waals surface area contributed by atoms with Crippen LogP contribution in [0.25, 0.3) is 106 Å². The molecule has 238 valence electrons. The molecule has 0 saturated heterocycles. The van der Waals surface area contributed by atoms with Crippen LogP contribution in [0.5, 0.6) is 0 Å². The second kappa shape index (κ2) is 10.7. The van der Waals surface area contributed by atoms with Crippen molar-refractivity contribution in [3.8, 4) is 39.9 Å². The quantitative estimate of drug-likeness (QED) is 0.187. The molecule has 0 fully saturated rings. The second-order valence-corrected chi connectivity index (χ2v) is 12.0. The van der Waals surface area contributed by atoms with Gasteiger partial charge >= 0.3 is 0 Å². The van der Waals surface area contributed by atoms with E-state index in [4.69, 9.17) is 33.4 Å². The molecule has 0 aliphatic carbocycles. The van der Waals surface area contributed by atoms with Crippen molar-refractivity contribution in [2.24, 2.45) is 0 Å². The third kappa shape index (κ3) is 4.20. The van der Waals surface area contributed by atoms with Crippen LogP contribution in [0.3, 0.4) is 0 Å². The number of fused-ring (bicyclic) bond motifs is 9. The topological polar surface area (TPSA) is 69.9 Å². The molecule has 0 N–H and O–H groups in total. The van der Waals surface area contributed by atoms with E-state index in [1.54, 1.807) is 24.3 Å². The number of hydrogen-bond acceptors (Lipinski definition) is 5. The highest BCUT2D eigenvalue weighted by atomic mass is 16.3. The molecule has 0 bridgehead atoms. The molecule has 0 amide bonds. The van der Waals surface area contributed by atoms with E-state index in [2.05, 4.69) is 0 Å². The second-order valence-electron chi connectivity index (χ2n) is 12.0. The third-order valence-corrected chi connectivity index (χ3v) is 9.12. The molecule has 0 unspecified atom stereocenters. The van der Waals surface area contributed by atoms with Crippen LogP contribution in [-0.4, -0.2) is 19.5 Å². The molecular formula is C45H26N4O2. The van der Waals surface area contributed by atoms with E-state index in [1.807, 2.05) is 72.8 Å². The monoisotopic (exact) mass is 664 g/mol. The number of furan rings is 2. The van der Waals surface area contributed by atoms with Gasteiger partial charge in [0.2, 0.25) is 0 Å². The van der Waals surface area contributed by atoms with Crippen LogP contribution >= 0.6 is 0 Å². The molecule has 0 spiro atoms. The van der Waals surface area contributed by atoms with Gasteiger partial charge in [-0.2, -0.15) is 0 Å². The van der Waals surface area contributed by atoms with E-state index in [0.717, 1.165) is 10.8 Å². The summed E-state index contributed by atoms with van der Waals surface area (Å²) in [6.07, 6.45) is 0. The molecule has 6 heteroatoms. The van der Waals surface area contributed by atoms with Crippen molar-refractivity contribution < 1.29 is 22.5 Å².